The molecule has 0 aromatic carbocycles. The van der Waals surface area contributed by atoms with Crippen molar-refractivity contribution >= 4 is 6.03 Å². The normalized spacial score (nSPS) is 34.5. The summed E-state index contributed by atoms with van der Waals surface area (Å²) in [5, 5.41) is 3.19. The average Bonchev–Trinajstić information content (AvgIpc) is 3.13. The van der Waals surface area contributed by atoms with Gasteiger partial charge in [0.05, 0.1) is 12.2 Å². The van der Waals surface area contributed by atoms with Gasteiger partial charge in [0.15, 0.2) is 0 Å². The monoisotopic (exact) mass is 268 g/mol. The van der Waals surface area contributed by atoms with Crippen molar-refractivity contribution in [3.63, 3.8) is 0 Å². The van der Waals surface area contributed by atoms with E-state index in [-0.39, 0.29) is 17.7 Å². The smallest absolute Gasteiger partial charge is 0.317 e. The van der Waals surface area contributed by atoms with Gasteiger partial charge in [-0.1, -0.05) is 0 Å². The largest absolute Gasteiger partial charge is 0.378 e. The van der Waals surface area contributed by atoms with E-state index in [1.807, 2.05) is 11.8 Å². The summed E-state index contributed by atoms with van der Waals surface area (Å²) in [6.45, 7) is 5.04. The SMILES string of the molecule is CCN(C(=O)N[C@@H]1CCO[C@]2(CCOC2)C1)C1CC1. The molecule has 5 heteroatoms. The molecule has 1 spiro atoms. The van der Waals surface area contributed by atoms with E-state index in [9.17, 15) is 4.79 Å². The minimum atomic E-state index is -0.132. The summed E-state index contributed by atoms with van der Waals surface area (Å²) in [4.78, 5) is 14.2. The number of nitrogens with zero attached hydrogens (tertiary/aromatic N) is 1. The summed E-state index contributed by atoms with van der Waals surface area (Å²) in [5.74, 6) is 0. The summed E-state index contributed by atoms with van der Waals surface area (Å²) < 4.78 is 11.4. The van der Waals surface area contributed by atoms with Crippen LogP contribution in [0.3, 0.4) is 0 Å². The zero-order valence-electron chi connectivity index (χ0n) is 11.7. The van der Waals surface area contributed by atoms with Crippen LogP contribution in [0.1, 0.15) is 39.0 Å². The van der Waals surface area contributed by atoms with Gasteiger partial charge in [-0.25, -0.2) is 4.79 Å². The molecule has 3 rings (SSSR count). The standard InChI is InChI=1S/C14H24N2O3/c1-2-16(12-3-4-12)13(17)15-11-5-7-19-14(9-11)6-8-18-10-14/h11-12H,2-10H2,1H3,(H,15,17)/t11-,14-/m1/s1. The van der Waals surface area contributed by atoms with Crippen molar-refractivity contribution in [1.29, 1.82) is 0 Å². The van der Waals surface area contributed by atoms with Gasteiger partial charge in [0.1, 0.15) is 0 Å². The van der Waals surface area contributed by atoms with Crippen LogP contribution in [-0.4, -0.2) is 55.0 Å². The first-order chi connectivity index (χ1) is 9.22. The molecule has 108 valence electrons. The number of urea groups is 1. The van der Waals surface area contributed by atoms with E-state index in [0.717, 1.165) is 51.9 Å². The Morgan fingerprint density at radius 3 is 2.84 bits per heavy atom. The number of rotatable bonds is 3. The maximum atomic E-state index is 12.3. The van der Waals surface area contributed by atoms with Gasteiger partial charge in [-0.3, -0.25) is 0 Å². The maximum Gasteiger partial charge on any atom is 0.317 e. The molecule has 0 unspecified atom stereocenters. The van der Waals surface area contributed by atoms with E-state index in [1.165, 1.54) is 0 Å². The predicted octanol–water partition coefficient (Wildman–Crippen LogP) is 1.52. The van der Waals surface area contributed by atoms with Gasteiger partial charge in [-0.05, 0) is 32.6 Å². The van der Waals surface area contributed by atoms with Crippen molar-refractivity contribution in [2.45, 2.75) is 56.7 Å². The number of carbonyl (C=O) groups excluding carboxylic acids is 1. The lowest BCUT2D eigenvalue weighted by molar-refractivity contribution is -0.0881. The van der Waals surface area contributed by atoms with Crippen molar-refractivity contribution in [2.24, 2.45) is 0 Å². The fourth-order valence-electron chi connectivity index (χ4n) is 3.23. The lowest BCUT2D eigenvalue weighted by atomic mass is 9.90. The van der Waals surface area contributed by atoms with Crippen molar-refractivity contribution in [3.05, 3.63) is 0 Å². The van der Waals surface area contributed by atoms with E-state index in [0.29, 0.717) is 12.6 Å². The molecule has 0 radical (unpaired) electrons. The molecular weight excluding hydrogens is 244 g/mol. The Balaban J connectivity index is 1.55. The Morgan fingerprint density at radius 2 is 2.21 bits per heavy atom. The lowest BCUT2D eigenvalue weighted by Crippen LogP contribution is -2.52. The second-order valence-electron chi connectivity index (χ2n) is 5.99. The summed E-state index contributed by atoms with van der Waals surface area (Å²) in [6, 6.07) is 0.815. The van der Waals surface area contributed by atoms with Crippen molar-refractivity contribution in [3.8, 4) is 0 Å². The van der Waals surface area contributed by atoms with Crippen LogP contribution in [0.2, 0.25) is 0 Å². The fraction of sp³-hybridized carbons (Fsp3) is 0.929. The highest BCUT2D eigenvalue weighted by Gasteiger charge is 2.42. The van der Waals surface area contributed by atoms with E-state index in [1.54, 1.807) is 0 Å². The Bertz CT molecular complexity index is 338. The maximum absolute atomic E-state index is 12.3. The quantitative estimate of drug-likeness (QED) is 0.844. The number of nitrogens with one attached hydrogen (secondary N) is 1. The third-order valence-electron chi connectivity index (χ3n) is 4.48. The average molecular weight is 268 g/mol. The lowest BCUT2D eigenvalue weighted by Gasteiger charge is -2.38. The molecule has 2 heterocycles. The first-order valence-corrected chi connectivity index (χ1v) is 7.51. The molecule has 2 aliphatic heterocycles. The zero-order chi connectivity index (χ0) is 13.3. The van der Waals surface area contributed by atoms with Crippen LogP contribution in [0, 0.1) is 0 Å². The Labute approximate surface area is 114 Å². The van der Waals surface area contributed by atoms with Crippen LogP contribution >= 0.6 is 0 Å². The van der Waals surface area contributed by atoms with Crippen molar-refractivity contribution in [2.75, 3.05) is 26.4 Å². The van der Waals surface area contributed by atoms with Crippen LogP contribution < -0.4 is 5.32 Å². The minimum absolute atomic E-state index is 0.103. The highest BCUT2D eigenvalue weighted by molar-refractivity contribution is 5.75. The van der Waals surface area contributed by atoms with Gasteiger partial charge in [0.2, 0.25) is 0 Å². The molecule has 5 nitrogen and oxygen atoms in total. The number of carbonyl (C=O) groups is 1. The van der Waals surface area contributed by atoms with E-state index in [2.05, 4.69) is 5.32 Å². The molecule has 3 fully saturated rings. The first kappa shape index (κ1) is 13.2. The number of amides is 2. The van der Waals surface area contributed by atoms with Gasteiger partial charge < -0.3 is 19.7 Å². The third-order valence-corrected chi connectivity index (χ3v) is 4.48. The topological polar surface area (TPSA) is 50.8 Å². The molecule has 0 bridgehead atoms. The number of hydrogen-bond acceptors (Lipinski definition) is 3. The van der Waals surface area contributed by atoms with Gasteiger partial charge in [0.25, 0.3) is 0 Å². The number of hydrogen-bond donors (Lipinski definition) is 1. The molecular formula is C14H24N2O3. The molecule has 2 saturated heterocycles. The Kier molecular flexibility index (Phi) is 3.67. The van der Waals surface area contributed by atoms with Gasteiger partial charge >= 0.3 is 6.03 Å². The van der Waals surface area contributed by atoms with Crippen LogP contribution in [0.25, 0.3) is 0 Å². The first-order valence-electron chi connectivity index (χ1n) is 7.51. The van der Waals surface area contributed by atoms with Crippen molar-refractivity contribution < 1.29 is 14.3 Å². The van der Waals surface area contributed by atoms with Gasteiger partial charge in [-0.15, -0.1) is 0 Å². The fourth-order valence-corrected chi connectivity index (χ4v) is 3.23. The van der Waals surface area contributed by atoms with E-state index >= 15 is 0 Å². The zero-order valence-corrected chi connectivity index (χ0v) is 11.7. The van der Waals surface area contributed by atoms with Crippen LogP contribution in [-0.2, 0) is 9.47 Å². The van der Waals surface area contributed by atoms with Gasteiger partial charge in [-0.2, -0.15) is 0 Å². The Hall–Kier alpha value is -0.810. The predicted molar refractivity (Wildman–Crippen MR) is 71.1 cm³/mol. The third kappa shape index (κ3) is 2.87. The van der Waals surface area contributed by atoms with E-state index in [4.69, 9.17) is 9.47 Å². The highest BCUT2D eigenvalue weighted by Crippen LogP contribution is 2.33. The summed E-state index contributed by atoms with van der Waals surface area (Å²) >= 11 is 0. The highest BCUT2D eigenvalue weighted by atomic mass is 16.6. The Morgan fingerprint density at radius 1 is 1.37 bits per heavy atom. The van der Waals surface area contributed by atoms with Crippen LogP contribution in [0.15, 0.2) is 0 Å². The molecule has 19 heavy (non-hydrogen) atoms. The molecule has 2 amide bonds. The van der Waals surface area contributed by atoms with Gasteiger partial charge in [0, 0.05) is 38.3 Å². The molecule has 1 N–H and O–H groups in total. The summed E-state index contributed by atoms with van der Waals surface area (Å²) in [6.07, 6.45) is 5.08. The minimum Gasteiger partial charge on any atom is -0.378 e. The van der Waals surface area contributed by atoms with Crippen LogP contribution in [0.4, 0.5) is 4.79 Å². The summed E-state index contributed by atoms with van der Waals surface area (Å²) in [5.41, 5.74) is -0.132. The molecule has 3 aliphatic rings. The second kappa shape index (κ2) is 5.29. The molecule has 1 saturated carbocycles. The molecule has 0 aromatic heterocycles. The molecule has 0 aromatic rings. The van der Waals surface area contributed by atoms with Crippen LogP contribution in [0.5, 0.6) is 0 Å². The second-order valence-corrected chi connectivity index (χ2v) is 5.99. The summed E-state index contributed by atoms with van der Waals surface area (Å²) in [7, 11) is 0. The number of ether oxygens (including phenoxy) is 2. The molecule has 2 atom stereocenters. The van der Waals surface area contributed by atoms with E-state index < -0.39 is 0 Å². The van der Waals surface area contributed by atoms with Crippen molar-refractivity contribution in [1.82, 2.24) is 10.2 Å². The molecule has 1 aliphatic carbocycles.